The van der Waals surface area contributed by atoms with E-state index in [1.807, 2.05) is 0 Å². The van der Waals surface area contributed by atoms with Gasteiger partial charge < -0.3 is 16.0 Å². The highest BCUT2D eigenvalue weighted by Crippen LogP contribution is 2.23. The molecule has 0 fully saturated rings. The molecule has 0 radical (unpaired) electrons. The van der Waals surface area contributed by atoms with E-state index in [0.717, 1.165) is 13.0 Å². The second-order valence-corrected chi connectivity index (χ2v) is 6.98. The Bertz CT molecular complexity index is 560. The van der Waals surface area contributed by atoms with Crippen molar-refractivity contribution in [2.45, 2.75) is 31.2 Å². The van der Waals surface area contributed by atoms with Crippen LogP contribution in [0.25, 0.3) is 0 Å². The molecular weight excluding hydrogens is 288 g/mol. The first kappa shape index (κ1) is 17.7. The van der Waals surface area contributed by atoms with Crippen LogP contribution in [0.1, 0.15) is 20.3 Å². The summed E-state index contributed by atoms with van der Waals surface area (Å²) in [5, 5.41) is 3.17. The molecule has 1 unspecified atom stereocenters. The number of sulfonamides is 1. The number of rotatable bonds is 8. The minimum atomic E-state index is -3.53. The number of anilines is 2. The van der Waals surface area contributed by atoms with Gasteiger partial charge in [-0.25, -0.2) is 13.1 Å². The van der Waals surface area contributed by atoms with Crippen molar-refractivity contribution in [3.63, 3.8) is 0 Å². The van der Waals surface area contributed by atoms with E-state index in [1.54, 1.807) is 12.1 Å². The van der Waals surface area contributed by atoms with E-state index in [9.17, 15) is 8.42 Å². The van der Waals surface area contributed by atoms with Crippen LogP contribution >= 0.6 is 0 Å². The van der Waals surface area contributed by atoms with Crippen LogP contribution in [-0.4, -0.2) is 46.5 Å². The molecule has 0 spiro atoms. The van der Waals surface area contributed by atoms with Crippen molar-refractivity contribution in [3.8, 4) is 0 Å². The van der Waals surface area contributed by atoms with Gasteiger partial charge in [-0.3, -0.25) is 0 Å². The predicted molar refractivity (Wildman–Crippen MR) is 88.0 cm³/mol. The zero-order chi connectivity index (χ0) is 16.0. The van der Waals surface area contributed by atoms with Gasteiger partial charge in [0.1, 0.15) is 4.90 Å². The normalized spacial score (nSPS) is 13.4. The molecule has 21 heavy (non-hydrogen) atoms. The fraction of sp³-hybridized carbons (Fsp3) is 0.571. The Morgan fingerprint density at radius 3 is 2.62 bits per heavy atom. The smallest absolute Gasteiger partial charge is 0.242 e. The van der Waals surface area contributed by atoms with Gasteiger partial charge in [0.15, 0.2) is 0 Å². The van der Waals surface area contributed by atoms with Crippen LogP contribution in [0.5, 0.6) is 0 Å². The summed E-state index contributed by atoms with van der Waals surface area (Å²) in [6.07, 6.45) is 1.08. The molecule has 0 aliphatic carbocycles. The van der Waals surface area contributed by atoms with Gasteiger partial charge in [0.2, 0.25) is 10.0 Å². The minimum Gasteiger partial charge on any atom is -0.399 e. The molecule has 0 aliphatic heterocycles. The first-order chi connectivity index (χ1) is 9.81. The monoisotopic (exact) mass is 314 g/mol. The minimum absolute atomic E-state index is 0.177. The molecule has 0 aromatic heterocycles. The van der Waals surface area contributed by atoms with E-state index in [1.165, 1.54) is 13.1 Å². The molecule has 0 bridgehead atoms. The number of likely N-dealkylation sites (N-methyl/N-ethyl adjacent to an activating group) is 1. The SMILES string of the molecule is CCC(C)N(C)CCNc1ccc(N)cc1S(=O)(=O)NC. The molecule has 0 saturated heterocycles. The summed E-state index contributed by atoms with van der Waals surface area (Å²) in [5.74, 6) is 0. The van der Waals surface area contributed by atoms with Gasteiger partial charge in [-0.15, -0.1) is 0 Å². The molecule has 7 heteroatoms. The van der Waals surface area contributed by atoms with Gasteiger partial charge in [0.05, 0.1) is 5.69 Å². The molecule has 1 atom stereocenters. The number of hydrogen-bond acceptors (Lipinski definition) is 5. The molecule has 6 nitrogen and oxygen atoms in total. The van der Waals surface area contributed by atoms with Gasteiger partial charge in [-0.05, 0) is 45.6 Å². The van der Waals surface area contributed by atoms with E-state index in [4.69, 9.17) is 5.73 Å². The standard InChI is InChI=1S/C14H26N4O2S/c1-5-11(2)18(4)9-8-17-13-7-6-12(15)10-14(13)21(19,20)16-3/h6-7,10-11,16-17H,5,8-9,15H2,1-4H3. The maximum absolute atomic E-state index is 12.0. The molecular formula is C14H26N4O2S. The van der Waals surface area contributed by atoms with Gasteiger partial charge >= 0.3 is 0 Å². The van der Waals surface area contributed by atoms with Crippen molar-refractivity contribution >= 4 is 21.4 Å². The summed E-state index contributed by atoms with van der Waals surface area (Å²) in [6, 6.07) is 5.35. The highest BCUT2D eigenvalue weighted by molar-refractivity contribution is 7.89. The molecule has 0 aliphatic rings. The third-order valence-corrected chi connectivity index (χ3v) is 5.14. The van der Waals surface area contributed by atoms with Gasteiger partial charge in [0, 0.05) is 24.8 Å². The summed E-state index contributed by atoms with van der Waals surface area (Å²) in [6.45, 7) is 5.81. The zero-order valence-electron chi connectivity index (χ0n) is 13.2. The Morgan fingerprint density at radius 2 is 2.05 bits per heavy atom. The first-order valence-corrected chi connectivity index (χ1v) is 8.57. The van der Waals surface area contributed by atoms with Crippen molar-refractivity contribution in [1.82, 2.24) is 9.62 Å². The van der Waals surface area contributed by atoms with Crippen LogP contribution < -0.4 is 15.8 Å². The molecule has 0 amide bonds. The van der Waals surface area contributed by atoms with E-state index in [-0.39, 0.29) is 4.90 Å². The highest BCUT2D eigenvalue weighted by Gasteiger charge is 2.17. The van der Waals surface area contributed by atoms with E-state index >= 15 is 0 Å². The van der Waals surface area contributed by atoms with E-state index in [2.05, 4.69) is 35.8 Å². The summed E-state index contributed by atoms with van der Waals surface area (Å²) >= 11 is 0. The Morgan fingerprint density at radius 1 is 1.38 bits per heavy atom. The lowest BCUT2D eigenvalue weighted by Gasteiger charge is -2.24. The fourth-order valence-electron chi connectivity index (χ4n) is 1.92. The van der Waals surface area contributed by atoms with E-state index in [0.29, 0.717) is 24.0 Å². The lowest BCUT2D eigenvalue weighted by Crippen LogP contribution is -2.33. The molecule has 1 aromatic rings. The number of hydrogen-bond donors (Lipinski definition) is 3. The maximum atomic E-state index is 12.0. The number of nitrogen functional groups attached to an aromatic ring is 1. The molecule has 120 valence electrons. The van der Waals surface area contributed by atoms with E-state index < -0.39 is 10.0 Å². The van der Waals surface area contributed by atoms with Crippen molar-refractivity contribution in [2.24, 2.45) is 0 Å². The average molecular weight is 314 g/mol. The molecule has 0 heterocycles. The third kappa shape index (κ3) is 4.87. The Labute approximate surface area is 127 Å². The van der Waals surface area contributed by atoms with Crippen LogP contribution in [0, 0.1) is 0 Å². The number of nitrogens with one attached hydrogen (secondary N) is 2. The Balaban J connectivity index is 2.81. The Hall–Kier alpha value is -1.31. The molecule has 4 N–H and O–H groups in total. The topological polar surface area (TPSA) is 87.5 Å². The lowest BCUT2D eigenvalue weighted by molar-refractivity contribution is 0.261. The summed E-state index contributed by atoms with van der Waals surface area (Å²) in [4.78, 5) is 2.41. The number of nitrogens with zero attached hydrogens (tertiary/aromatic N) is 1. The quantitative estimate of drug-likeness (QED) is 0.630. The van der Waals surface area contributed by atoms with Crippen molar-refractivity contribution in [3.05, 3.63) is 18.2 Å². The van der Waals surface area contributed by atoms with Gasteiger partial charge in [-0.2, -0.15) is 0 Å². The predicted octanol–water partition coefficient (Wildman–Crippen LogP) is 1.32. The van der Waals surface area contributed by atoms with Crippen molar-refractivity contribution < 1.29 is 8.42 Å². The molecule has 1 rings (SSSR count). The number of nitrogens with two attached hydrogens (primary N) is 1. The van der Waals surface area contributed by atoms with Crippen LogP contribution in [0.4, 0.5) is 11.4 Å². The molecule has 0 saturated carbocycles. The average Bonchev–Trinajstić information content (AvgIpc) is 2.47. The lowest BCUT2D eigenvalue weighted by atomic mass is 10.2. The maximum Gasteiger partial charge on any atom is 0.242 e. The van der Waals surface area contributed by atoms with Crippen LogP contribution in [0.2, 0.25) is 0 Å². The fourth-order valence-corrected chi connectivity index (χ4v) is 2.86. The molecule has 1 aromatic carbocycles. The highest BCUT2D eigenvalue weighted by atomic mass is 32.2. The van der Waals surface area contributed by atoms with Gasteiger partial charge in [0.25, 0.3) is 0 Å². The summed E-state index contributed by atoms with van der Waals surface area (Å²) in [5.41, 5.74) is 6.67. The number of benzene rings is 1. The van der Waals surface area contributed by atoms with Gasteiger partial charge in [-0.1, -0.05) is 6.92 Å². The first-order valence-electron chi connectivity index (χ1n) is 7.09. The Kier molecular flexibility index (Phi) is 6.44. The largest absolute Gasteiger partial charge is 0.399 e. The zero-order valence-corrected chi connectivity index (χ0v) is 14.0. The second-order valence-electron chi connectivity index (χ2n) is 5.13. The van der Waals surface area contributed by atoms with Crippen LogP contribution in [0.3, 0.4) is 0 Å². The second kappa shape index (κ2) is 7.63. The van der Waals surface area contributed by atoms with Crippen molar-refractivity contribution in [2.75, 3.05) is 38.2 Å². The van der Waals surface area contributed by atoms with Crippen LogP contribution in [-0.2, 0) is 10.0 Å². The third-order valence-electron chi connectivity index (χ3n) is 3.69. The van der Waals surface area contributed by atoms with Crippen molar-refractivity contribution in [1.29, 1.82) is 0 Å². The summed E-state index contributed by atoms with van der Waals surface area (Å²) in [7, 11) is -0.0816. The van der Waals surface area contributed by atoms with Crippen LogP contribution in [0.15, 0.2) is 23.1 Å². The summed E-state index contributed by atoms with van der Waals surface area (Å²) < 4.78 is 26.3.